The van der Waals surface area contributed by atoms with Gasteiger partial charge in [0.05, 0.1) is 0 Å². The van der Waals surface area contributed by atoms with E-state index in [9.17, 15) is 17.2 Å². The molecule has 1 saturated heterocycles. The number of sulfonamides is 1. The molecule has 21 heavy (non-hydrogen) atoms. The molecule has 3 rings (SSSR count). The number of nitrogens with zero attached hydrogens (tertiary/aromatic N) is 2. The third-order valence-electron chi connectivity index (χ3n) is 3.97. The normalized spacial score (nSPS) is 21.6. The van der Waals surface area contributed by atoms with Gasteiger partial charge in [0.25, 0.3) is 0 Å². The van der Waals surface area contributed by atoms with Crippen LogP contribution in [0.1, 0.15) is 12.8 Å². The fourth-order valence-electron chi connectivity index (χ4n) is 2.66. The van der Waals surface area contributed by atoms with Crippen molar-refractivity contribution in [1.29, 1.82) is 0 Å². The summed E-state index contributed by atoms with van der Waals surface area (Å²) >= 11 is 0. The zero-order valence-electron chi connectivity index (χ0n) is 11.4. The predicted octanol–water partition coefficient (Wildman–Crippen LogP) is 1.02. The van der Waals surface area contributed by atoms with Crippen LogP contribution < -0.4 is 5.73 Å². The molecule has 2 aliphatic rings. The van der Waals surface area contributed by atoms with Crippen LogP contribution in [0.3, 0.4) is 0 Å². The highest BCUT2D eigenvalue weighted by Crippen LogP contribution is 2.29. The number of nitrogen functional groups attached to an aromatic ring is 1. The van der Waals surface area contributed by atoms with Crippen molar-refractivity contribution < 1.29 is 17.2 Å². The molecule has 8 heteroatoms. The van der Waals surface area contributed by atoms with E-state index in [1.165, 1.54) is 4.31 Å². The summed E-state index contributed by atoms with van der Waals surface area (Å²) in [6.45, 7) is 1.82. The smallest absolute Gasteiger partial charge is 0.246 e. The average molecular weight is 317 g/mol. The summed E-state index contributed by atoms with van der Waals surface area (Å²) in [5, 5.41) is 0. The van der Waals surface area contributed by atoms with Gasteiger partial charge in [-0.05, 0) is 25.0 Å². The maximum atomic E-state index is 13.8. The highest BCUT2D eigenvalue weighted by Gasteiger charge is 2.36. The minimum Gasteiger partial charge on any atom is -0.399 e. The first-order chi connectivity index (χ1) is 9.89. The van der Waals surface area contributed by atoms with Crippen LogP contribution in [0.15, 0.2) is 17.0 Å². The Balaban J connectivity index is 1.84. The summed E-state index contributed by atoms with van der Waals surface area (Å²) in [6.07, 6.45) is 2.31. The molecule has 1 aromatic carbocycles. The number of hydrogen-bond donors (Lipinski definition) is 1. The van der Waals surface area contributed by atoms with Gasteiger partial charge >= 0.3 is 0 Å². The Bertz CT molecular complexity index is 654. The molecule has 116 valence electrons. The molecule has 0 unspecified atom stereocenters. The maximum absolute atomic E-state index is 13.8. The number of benzene rings is 1. The lowest BCUT2D eigenvalue weighted by atomic mass is 10.3. The number of anilines is 1. The molecule has 1 saturated carbocycles. The van der Waals surface area contributed by atoms with Crippen molar-refractivity contribution >= 4 is 15.7 Å². The fourth-order valence-corrected chi connectivity index (χ4v) is 4.19. The number of rotatable bonds is 3. The quantitative estimate of drug-likeness (QED) is 0.845. The lowest BCUT2D eigenvalue weighted by Gasteiger charge is -2.34. The van der Waals surface area contributed by atoms with Crippen molar-refractivity contribution in [1.82, 2.24) is 9.21 Å². The summed E-state index contributed by atoms with van der Waals surface area (Å²) in [5.74, 6) is -2.61. The van der Waals surface area contributed by atoms with Gasteiger partial charge in [-0.15, -0.1) is 0 Å². The zero-order chi connectivity index (χ0) is 15.2. The molecule has 0 bridgehead atoms. The Morgan fingerprint density at radius 2 is 1.71 bits per heavy atom. The molecule has 0 spiro atoms. The van der Waals surface area contributed by atoms with Crippen LogP contribution in [0, 0.1) is 11.6 Å². The summed E-state index contributed by atoms with van der Waals surface area (Å²) < 4.78 is 53.3. The Labute approximate surface area is 122 Å². The van der Waals surface area contributed by atoms with Crippen molar-refractivity contribution in [2.75, 3.05) is 31.9 Å². The van der Waals surface area contributed by atoms with Gasteiger partial charge < -0.3 is 5.73 Å². The fraction of sp³-hybridized carbons (Fsp3) is 0.538. The lowest BCUT2D eigenvalue weighted by Crippen LogP contribution is -2.49. The third kappa shape index (κ3) is 2.75. The van der Waals surface area contributed by atoms with Crippen LogP contribution in [-0.4, -0.2) is 49.8 Å². The average Bonchev–Trinajstić information content (AvgIpc) is 3.27. The summed E-state index contributed by atoms with van der Waals surface area (Å²) in [6, 6.07) is 2.32. The number of piperazine rings is 1. The molecule has 2 N–H and O–H groups in total. The first-order valence-electron chi connectivity index (χ1n) is 6.88. The first kappa shape index (κ1) is 14.7. The molecule has 0 aromatic heterocycles. The maximum Gasteiger partial charge on any atom is 0.246 e. The first-order valence-corrected chi connectivity index (χ1v) is 8.32. The van der Waals surface area contributed by atoms with Crippen LogP contribution in [0.25, 0.3) is 0 Å². The summed E-state index contributed by atoms with van der Waals surface area (Å²) in [4.78, 5) is 1.56. The second kappa shape index (κ2) is 5.19. The molecular formula is C13H17F2N3O2S. The van der Waals surface area contributed by atoms with E-state index in [4.69, 9.17) is 5.73 Å². The summed E-state index contributed by atoms with van der Waals surface area (Å²) in [7, 11) is -4.05. The largest absolute Gasteiger partial charge is 0.399 e. The second-order valence-corrected chi connectivity index (χ2v) is 7.39. The van der Waals surface area contributed by atoms with E-state index in [0.717, 1.165) is 25.0 Å². The number of hydrogen-bond acceptors (Lipinski definition) is 4. The molecule has 1 heterocycles. The highest BCUT2D eigenvalue weighted by molar-refractivity contribution is 7.89. The van der Waals surface area contributed by atoms with E-state index in [1.807, 2.05) is 0 Å². The highest BCUT2D eigenvalue weighted by atomic mass is 32.2. The van der Waals surface area contributed by atoms with Crippen molar-refractivity contribution in [2.45, 2.75) is 23.8 Å². The van der Waals surface area contributed by atoms with Crippen molar-refractivity contribution in [3.05, 3.63) is 23.8 Å². The van der Waals surface area contributed by atoms with Gasteiger partial charge in [0.2, 0.25) is 10.0 Å². The molecular weight excluding hydrogens is 300 g/mol. The third-order valence-corrected chi connectivity index (χ3v) is 5.87. The van der Waals surface area contributed by atoms with Crippen molar-refractivity contribution in [3.63, 3.8) is 0 Å². The molecule has 1 aliphatic heterocycles. The Morgan fingerprint density at radius 3 is 2.29 bits per heavy atom. The van der Waals surface area contributed by atoms with Gasteiger partial charge in [0, 0.05) is 37.9 Å². The van der Waals surface area contributed by atoms with E-state index in [2.05, 4.69) is 4.90 Å². The van der Waals surface area contributed by atoms with Crippen molar-refractivity contribution in [2.24, 2.45) is 0 Å². The summed E-state index contributed by atoms with van der Waals surface area (Å²) in [5.41, 5.74) is 5.32. The molecule has 5 nitrogen and oxygen atoms in total. The van der Waals surface area contributed by atoms with Crippen LogP contribution >= 0.6 is 0 Å². The Hall–Kier alpha value is -1.25. The molecule has 1 aromatic rings. The van der Waals surface area contributed by atoms with E-state index >= 15 is 0 Å². The van der Waals surface area contributed by atoms with E-state index in [1.54, 1.807) is 0 Å². The van der Waals surface area contributed by atoms with Crippen LogP contribution in [0.2, 0.25) is 0 Å². The molecule has 0 radical (unpaired) electrons. The topological polar surface area (TPSA) is 66.6 Å². The number of nitrogens with two attached hydrogens (primary N) is 1. The Kier molecular flexibility index (Phi) is 3.62. The van der Waals surface area contributed by atoms with Crippen LogP contribution in [-0.2, 0) is 10.0 Å². The van der Waals surface area contributed by atoms with Crippen LogP contribution in [0.5, 0.6) is 0 Å². The molecule has 0 atom stereocenters. The van der Waals surface area contributed by atoms with Gasteiger partial charge in [0.15, 0.2) is 11.6 Å². The van der Waals surface area contributed by atoms with E-state index in [0.29, 0.717) is 19.1 Å². The van der Waals surface area contributed by atoms with E-state index in [-0.39, 0.29) is 18.8 Å². The number of halogens is 2. The van der Waals surface area contributed by atoms with Gasteiger partial charge in [0.1, 0.15) is 4.90 Å². The van der Waals surface area contributed by atoms with Crippen molar-refractivity contribution in [3.8, 4) is 0 Å². The molecule has 2 fully saturated rings. The second-order valence-electron chi connectivity index (χ2n) is 5.49. The van der Waals surface area contributed by atoms with Gasteiger partial charge in [-0.3, -0.25) is 4.90 Å². The Morgan fingerprint density at radius 1 is 1.10 bits per heavy atom. The standard InChI is InChI=1S/C13H17F2N3O2S/c14-11-7-9(16)8-12(13(11)15)21(19,20)18-5-3-17(4-6-18)10-1-2-10/h7-8,10H,1-6,16H2. The molecule has 0 amide bonds. The SMILES string of the molecule is Nc1cc(F)c(F)c(S(=O)(=O)N2CCN(C3CC3)CC2)c1. The van der Waals surface area contributed by atoms with Gasteiger partial charge in [-0.25, -0.2) is 17.2 Å². The zero-order valence-corrected chi connectivity index (χ0v) is 12.2. The molecule has 1 aliphatic carbocycles. The van der Waals surface area contributed by atoms with Gasteiger partial charge in [-0.2, -0.15) is 4.31 Å². The van der Waals surface area contributed by atoms with Gasteiger partial charge in [-0.1, -0.05) is 0 Å². The monoisotopic (exact) mass is 317 g/mol. The minimum atomic E-state index is -4.05. The predicted molar refractivity (Wildman–Crippen MR) is 74.1 cm³/mol. The lowest BCUT2D eigenvalue weighted by molar-refractivity contribution is 0.180. The minimum absolute atomic E-state index is 0.107. The van der Waals surface area contributed by atoms with Crippen LogP contribution in [0.4, 0.5) is 14.5 Å². The van der Waals surface area contributed by atoms with E-state index < -0.39 is 26.6 Å².